The summed E-state index contributed by atoms with van der Waals surface area (Å²) in [6.07, 6.45) is 1.29. The van der Waals surface area contributed by atoms with Crippen molar-refractivity contribution in [1.82, 2.24) is 20.0 Å². The second kappa shape index (κ2) is 8.81. The normalized spacial score (nSPS) is 15.0. The van der Waals surface area contributed by atoms with Crippen molar-refractivity contribution in [2.75, 3.05) is 7.11 Å². The van der Waals surface area contributed by atoms with Gasteiger partial charge in [0.05, 0.1) is 30.1 Å². The van der Waals surface area contributed by atoms with Gasteiger partial charge in [0.2, 0.25) is 0 Å². The van der Waals surface area contributed by atoms with Crippen LogP contribution in [0.3, 0.4) is 0 Å². The maximum atomic E-state index is 14.0. The van der Waals surface area contributed by atoms with Crippen LogP contribution in [0.15, 0.2) is 59.0 Å². The first-order valence-corrected chi connectivity index (χ1v) is 9.93. The van der Waals surface area contributed by atoms with Crippen LogP contribution in [0.1, 0.15) is 16.8 Å². The molecule has 0 unspecified atom stereocenters. The molecule has 8 nitrogen and oxygen atoms in total. The van der Waals surface area contributed by atoms with E-state index in [0.29, 0.717) is 16.4 Å². The molecule has 3 aromatic rings. The molecule has 10 heteroatoms. The molecule has 0 bridgehead atoms. The largest absolute Gasteiger partial charge is 0.378 e. The Kier molecular flexibility index (Phi) is 5.93. The van der Waals surface area contributed by atoms with Gasteiger partial charge in [-0.05, 0) is 36.4 Å². The van der Waals surface area contributed by atoms with Gasteiger partial charge in [0.15, 0.2) is 0 Å². The van der Waals surface area contributed by atoms with E-state index in [0.717, 1.165) is 4.90 Å². The zero-order valence-electron chi connectivity index (χ0n) is 16.9. The van der Waals surface area contributed by atoms with Gasteiger partial charge < -0.3 is 10.1 Å². The number of benzene rings is 2. The molecular formula is C22H18ClFN4O4. The summed E-state index contributed by atoms with van der Waals surface area (Å²) in [5.41, 5.74) is 0.755. The van der Waals surface area contributed by atoms with Gasteiger partial charge in [-0.3, -0.25) is 19.6 Å². The van der Waals surface area contributed by atoms with Crippen molar-refractivity contribution in [2.45, 2.75) is 13.2 Å². The first-order valence-electron chi connectivity index (χ1n) is 9.55. The monoisotopic (exact) mass is 456 g/mol. The van der Waals surface area contributed by atoms with E-state index in [2.05, 4.69) is 10.4 Å². The van der Waals surface area contributed by atoms with E-state index in [1.165, 1.54) is 36.1 Å². The number of halogens is 2. The summed E-state index contributed by atoms with van der Waals surface area (Å²) in [4.78, 5) is 39.1. The minimum atomic E-state index is -0.702. The SMILES string of the molecule is COCc1[nH]n(-c2ccc(Cl)cc2)c(=O)c1/C=C1\NC(=O)N(Cc2ccccc2F)C1=O. The highest BCUT2D eigenvalue weighted by Gasteiger charge is 2.34. The number of hydrogen-bond acceptors (Lipinski definition) is 4. The minimum Gasteiger partial charge on any atom is -0.378 e. The number of carbonyl (C=O) groups excluding carboxylic acids is 2. The third-order valence-corrected chi connectivity index (χ3v) is 5.17. The van der Waals surface area contributed by atoms with Gasteiger partial charge >= 0.3 is 6.03 Å². The van der Waals surface area contributed by atoms with Gasteiger partial charge in [0, 0.05) is 17.7 Å². The van der Waals surface area contributed by atoms with Crippen LogP contribution in [0.4, 0.5) is 9.18 Å². The Labute approximate surface area is 186 Å². The number of methoxy groups -OCH3 is 1. The molecular weight excluding hydrogens is 439 g/mol. The molecule has 0 atom stereocenters. The van der Waals surface area contributed by atoms with Crippen LogP contribution in [0.2, 0.25) is 5.02 Å². The van der Waals surface area contributed by atoms with Gasteiger partial charge in [-0.15, -0.1) is 0 Å². The smallest absolute Gasteiger partial charge is 0.329 e. The predicted octanol–water partition coefficient (Wildman–Crippen LogP) is 3.20. The summed E-state index contributed by atoms with van der Waals surface area (Å²) >= 11 is 5.92. The van der Waals surface area contributed by atoms with E-state index in [1.807, 2.05) is 0 Å². The third kappa shape index (κ3) is 4.08. The van der Waals surface area contributed by atoms with Crippen LogP contribution in [-0.2, 0) is 22.7 Å². The van der Waals surface area contributed by atoms with Crippen molar-refractivity contribution in [2.24, 2.45) is 0 Å². The fraction of sp³-hybridized carbons (Fsp3) is 0.136. The number of carbonyl (C=O) groups is 2. The number of hydrogen-bond donors (Lipinski definition) is 2. The molecule has 164 valence electrons. The molecule has 2 heterocycles. The lowest BCUT2D eigenvalue weighted by Crippen LogP contribution is -2.30. The van der Waals surface area contributed by atoms with Crippen molar-refractivity contribution in [3.05, 3.63) is 92.2 Å². The van der Waals surface area contributed by atoms with Crippen molar-refractivity contribution >= 4 is 29.6 Å². The average molecular weight is 457 g/mol. The molecule has 0 saturated carbocycles. The van der Waals surface area contributed by atoms with E-state index < -0.39 is 23.3 Å². The molecule has 0 spiro atoms. The van der Waals surface area contributed by atoms with Gasteiger partial charge in [-0.1, -0.05) is 29.8 Å². The number of H-pyrrole nitrogens is 1. The standard InChI is InChI=1S/C22H18ClFN4O4/c1-32-12-19-16(20(29)28(26-19)15-8-6-14(23)7-9-15)10-18-21(30)27(22(31)25-18)11-13-4-2-3-5-17(13)24/h2-10,26H,11-12H2,1H3,(H,25,31)/b18-10-. The maximum Gasteiger partial charge on any atom is 0.329 e. The fourth-order valence-corrected chi connectivity index (χ4v) is 3.45. The van der Waals surface area contributed by atoms with Crippen LogP contribution in [0.5, 0.6) is 0 Å². The number of ether oxygens (including phenoxy) is 1. The number of nitrogens with zero attached hydrogens (tertiary/aromatic N) is 2. The molecule has 1 fully saturated rings. The first kappa shape index (κ1) is 21.5. The molecule has 1 saturated heterocycles. The fourth-order valence-electron chi connectivity index (χ4n) is 3.33. The molecule has 2 aromatic carbocycles. The van der Waals surface area contributed by atoms with E-state index >= 15 is 0 Å². The number of urea groups is 1. The number of amides is 3. The summed E-state index contributed by atoms with van der Waals surface area (Å²) in [7, 11) is 1.47. The molecule has 1 aliphatic heterocycles. The zero-order chi connectivity index (χ0) is 22.8. The van der Waals surface area contributed by atoms with E-state index in [4.69, 9.17) is 16.3 Å². The Morgan fingerprint density at radius 2 is 1.81 bits per heavy atom. The van der Waals surface area contributed by atoms with E-state index in [1.54, 1.807) is 30.3 Å². The van der Waals surface area contributed by atoms with Gasteiger partial charge in [-0.2, -0.15) is 0 Å². The number of nitrogens with one attached hydrogen (secondary N) is 2. The number of imide groups is 1. The Bertz CT molecular complexity index is 1280. The highest BCUT2D eigenvalue weighted by Crippen LogP contribution is 2.20. The zero-order valence-corrected chi connectivity index (χ0v) is 17.6. The summed E-state index contributed by atoms with van der Waals surface area (Å²) in [6, 6.07) is 11.8. The van der Waals surface area contributed by atoms with Crippen LogP contribution >= 0.6 is 11.6 Å². The highest BCUT2D eigenvalue weighted by molar-refractivity contribution is 6.30. The predicted molar refractivity (Wildman–Crippen MR) is 116 cm³/mol. The van der Waals surface area contributed by atoms with E-state index in [-0.39, 0.29) is 30.0 Å². The van der Waals surface area contributed by atoms with E-state index in [9.17, 15) is 18.8 Å². The molecule has 0 radical (unpaired) electrons. The van der Waals surface area contributed by atoms with Crippen LogP contribution in [0.25, 0.3) is 11.8 Å². The molecule has 1 aliphatic rings. The third-order valence-electron chi connectivity index (χ3n) is 4.92. The second-order valence-electron chi connectivity index (χ2n) is 7.02. The summed E-state index contributed by atoms with van der Waals surface area (Å²) in [6.45, 7) is -0.169. The summed E-state index contributed by atoms with van der Waals surface area (Å²) in [5.74, 6) is -1.19. The van der Waals surface area contributed by atoms with Crippen LogP contribution in [0, 0.1) is 5.82 Å². The average Bonchev–Trinajstić information content (AvgIpc) is 3.22. The molecule has 32 heavy (non-hydrogen) atoms. The topological polar surface area (TPSA) is 96.4 Å². The highest BCUT2D eigenvalue weighted by atomic mass is 35.5. The Morgan fingerprint density at radius 3 is 2.50 bits per heavy atom. The van der Waals surface area contributed by atoms with Gasteiger partial charge in [0.25, 0.3) is 11.5 Å². The summed E-state index contributed by atoms with van der Waals surface area (Å²) < 4.78 is 20.4. The summed E-state index contributed by atoms with van der Waals surface area (Å²) in [5, 5.41) is 5.92. The van der Waals surface area contributed by atoms with Crippen molar-refractivity contribution in [1.29, 1.82) is 0 Å². The Balaban J connectivity index is 1.69. The Morgan fingerprint density at radius 1 is 1.09 bits per heavy atom. The number of rotatable bonds is 6. The maximum absolute atomic E-state index is 14.0. The lowest BCUT2D eigenvalue weighted by atomic mass is 10.2. The van der Waals surface area contributed by atoms with Gasteiger partial charge in [0.1, 0.15) is 11.5 Å². The minimum absolute atomic E-state index is 0.0655. The molecule has 0 aliphatic carbocycles. The lowest BCUT2D eigenvalue weighted by Gasteiger charge is -2.12. The van der Waals surface area contributed by atoms with Gasteiger partial charge in [-0.25, -0.2) is 13.9 Å². The molecule has 1 aromatic heterocycles. The first-order chi connectivity index (χ1) is 15.4. The van der Waals surface area contributed by atoms with Crippen molar-refractivity contribution in [3.8, 4) is 5.69 Å². The molecule has 4 rings (SSSR count). The Hall–Kier alpha value is -3.69. The molecule has 3 amide bonds. The number of aromatic amines is 1. The van der Waals surface area contributed by atoms with Crippen LogP contribution < -0.4 is 10.9 Å². The van der Waals surface area contributed by atoms with Crippen molar-refractivity contribution in [3.63, 3.8) is 0 Å². The quantitative estimate of drug-likeness (QED) is 0.440. The lowest BCUT2D eigenvalue weighted by molar-refractivity contribution is -0.123. The van der Waals surface area contributed by atoms with Crippen LogP contribution in [-0.4, -0.2) is 33.7 Å². The molecule has 2 N–H and O–H groups in total. The number of aromatic nitrogens is 2. The second-order valence-corrected chi connectivity index (χ2v) is 7.46. The van der Waals surface area contributed by atoms with Crippen molar-refractivity contribution < 1.29 is 18.7 Å².